The van der Waals surface area contributed by atoms with Crippen LogP contribution in [0.4, 0.5) is 0 Å². The van der Waals surface area contributed by atoms with Gasteiger partial charge in [0.25, 0.3) is 5.91 Å². The zero-order valence-corrected chi connectivity index (χ0v) is 14.8. The van der Waals surface area contributed by atoms with Gasteiger partial charge in [-0.15, -0.1) is 0 Å². The Morgan fingerprint density at radius 3 is 2.88 bits per heavy atom. The number of aryl methyl sites for hydroxylation is 1. The summed E-state index contributed by atoms with van der Waals surface area (Å²) >= 11 is 3.38. The molecular formula is C17H16BrN3O3. The van der Waals surface area contributed by atoms with E-state index < -0.39 is 0 Å². The summed E-state index contributed by atoms with van der Waals surface area (Å²) in [6, 6.07) is 10.8. The molecule has 2 heterocycles. The van der Waals surface area contributed by atoms with Crippen molar-refractivity contribution in [1.82, 2.24) is 15.1 Å². The third-order valence-electron chi connectivity index (χ3n) is 3.58. The molecule has 0 aliphatic carbocycles. The van der Waals surface area contributed by atoms with E-state index in [9.17, 15) is 4.79 Å². The minimum Gasteiger partial charge on any atom is -0.497 e. The smallest absolute Gasteiger partial charge is 0.252 e. The average Bonchev–Trinajstić information content (AvgIpc) is 3.21. The predicted molar refractivity (Wildman–Crippen MR) is 92.8 cm³/mol. The first-order chi connectivity index (χ1) is 11.6. The Morgan fingerprint density at radius 2 is 2.17 bits per heavy atom. The van der Waals surface area contributed by atoms with Gasteiger partial charge >= 0.3 is 0 Å². The lowest BCUT2D eigenvalue weighted by molar-refractivity contribution is 0.0947. The topological polar surface area (TPSA) is 69.3 Å². The Bertz CT molecular complexity index is 870. The molecule has 1 amide bonds. The molecule has 0 radical (unpaired) electrons. The van der Waals surface area contributed by atoms with Gasteiger partial charge in [0.05, 0.1) is 19.2 Å². The van der Waals surface area contributed by atoms with E-state index in [1.54, 1.807) is 36.2 Å². The first-order valence-corrected chi connectivity index (χ1v) is 8.06. The number of aromatic nitrogens is 2. The van der Waals surface area contributed by atoms with E-state index in [0.717, 1.165) is 5.69 Å². The van der Waals surface area contributed by atoms with Crippen molar-refractivity contribution < 1.29 is 13.9 Å². The molecule has 0 aliphatic heterocycles. The number of amides is 1. The number of rotatable bonds is 5. The van der Waals surface area contributed by atoms with Crippen LogP contribution in [-0.2, 0) is 13.6 Å². The minimum atomic E-state index is -0.209. The Balaban J connectivity index is 1.69. The summed E-state index contributed by atoms with van der Waals surface area (Å²) in [6.07, 6.45) is 1.71. The number of carbonyl (C=O) groups excluding carboxylic acids is 1. The van der Waals surface area contributed by atoms with Crippen molar-refractivity contribution in [2.75, 3.05) is 7.11 Å². The number of ether oxygens (including phenoxy) is 1. The van der Waals surface area contributed by atoms with Crippen molar-refractivity contribution in [3.63, 3.8) is 0 Å². The molecule has 3 aromatic rings. The van der Waals surface area contributed by atoms with Crippen molar-refractivity contribution >= 4 is 21.8 Å². The second-order valence-corrected chi connectivity index (χ2v) is 5.99. The molecule has 0 atom stereocenters. The number of benzene rings is 1. The molecule has 124 valence electrons. The number of nitrogens with zero attached hydrogens (tertiary/aromatic N) is 2. The van der Waals surface area contributed by atoms with Crippen LogP contribution in [0.15, 0.2) is 51.5 Å². The molecule has 1 N–H and O–H groups in total. The van der Waals surface area contributed by atoms with Crippen LogP contribution in [0.5, 0.6) is 5.75 Å². The molecule has 1 aromatic carbocycles. The fourth-order valence-corrected chi connectivity index (χ4v) is 2.72. The van der Waals surface area contributed by atoms with Gasteiger partial charge < -0.3 is 14.5 Å². The highest BCUT2D eigenvalue weighted by molar-refractivity contribution is 9.10. The van der Waals surface area contributed by atoms with Gasteiger partial charge in [-0.1, -0.05) is 0 Å². The maximum absolute atomic E-state index is 12.3. The maximum Gasteiger partial charge on any atom is 0.252 e. The van der Waals surface area contributed by atoms with E-state index in [1.165, 1.54) is 0 Å². The summed E-state index contributed by atoms with van der Waals surface area (Å²) in [4.78, 5) is 12.3. The molecule has 0 fully saturated rings. The maximum atomic E-state index is 12.3. The fourth-order valence-electron chi connectivity index (χ4n) is 2.29. The second-order valence-electron chi connectivity index (χ2n) is 5.13. The largest absolute Gasteiger partial charge is 0.497 e. The Morgan fingerprint density at radius 1 is 1.33 bits per heavy atom. The minimum absolute atomic E-state index is 0.209. The van der Waals surface area contributed by atoms with Crippen molar-refractivity contribution in [2.24, 2.45) is 7.05 Å². The van der Waals surface area contributed by atoms with E-state index in [1.807, 2.05) is 25.2 Å². The van der Waals surface area contributed by atoms with Crippen LogP contribution in [0.3, 0.4) is 0 Å². The molecule has 0 unspecified atom stereocenters. The van der Waals surface area contributed by atoms with Crippen LogP contribution in [0, 0.1) is 0 Å². The zero-order valence-electron chi connectivity index (χ0n) is 13.2. The van der Waals surface area contributed by atoms with Crippen LogP contribution in [0.2, 0.25) is 0 Å². The highest BCUT2D eigenvalue weighted by atomic mass is 79.9. The summed E-state index contributed by atoms with van der Waals surface area (Å²) in [5, 5.41) is 6.95. The van der Waals surface area contributed by atoms with Gasteiger partial charge in [-0.2, -0.15) is 5.10 Å². The highest BCUT2D eigenvalue weighted by Gasteiger charge is 2.13. The molecule has 7 heteroatoms. The third kappa shape index (κ3) is 3.35. The van der Waals surface area contributed by atoms with E-state index in [2.05, 4.69) is 26.3 Å². The molecular weight excluding hydrogens is 374 g/mol. The molecule has 2 aromatic heterocycles. The fraction of sp³-hybridized carbons (Fsp3) is 0.176. The van der Waals surface area contributed by atoms with Gasteiger partial charge in [0, 0.05) is 17.7 Å². The van der Waals surface area contributed by atoms with E-state index >= 15 is 0 Å². The number of hydrogen-bond donors (Lipinski definition) is 1. The molecule has 0 aliphatic rings. The van der Waals surface area contributed by atoms with Gasteiger partial charge in [-0.3, -0.25) is 9.48 Å². The average molecular weight is 390 g/mol. The molecule has 0 spiro atoms. The number of halogens is 1. The molecule has 6 nitrogen and oxygen atoms in total. The lowest BCUT2D eigenvalue weighted by Crippen LogP contribution is -2.23. The molecule has 3 rings (SSSR count). The summed E-state index contributed by atoms with van der Waals surface area (Å²) < 4.78 is 13.3. The number of carbonyl (C=O) groups is 1. The van der Waals surface area contributed by atoms with Gasteiger partial charge in [0.2, 0.25) is 0 Å². The SMILES string of the molecule is COc1ccc(Br)c(C(=O)NCc2ccc(-c3ccnn3C)o2)c1. The van der Waals surface area contributed by atoms with E-state index in [4.69, 9.17) is 9.15 Å². The van der Waals surface area contributed by atoms with E-state index in [-0.39, 0.29) is 5.91 Å². The van der Waals surface area contributed by atoms with Crippen LogP contribution in [0.25, 0.3) is 11.5 Å². The van der Waals surface area contributed by atoms with Gasteiger partial charge in [0.1, 0.15) is 17.2 Å². The van der Waals surface area contributed by atoms with Crippen LogP contribution in [-0.4, -0.2) is 22.8 Å². The number of furan rings is 1. The van der Waals surface area contributed by atoms with Crippen molar-refractivity contribution in [3.05, 3.63) is 58.4 Å². The summed E-state index contributed by atoms with van der Waals surface area (Å²) in [6.45, 7) is 0.292. The summed E-state index contributed by atoms with van der Waals surface area (Å²) in [5.41, 5.74) is 1.39. The first kappa shape index (κ1) is 16.3. The quantitative estimate of drug-likeness (QED) is 0.725. The lowest BCUT2D eigenvalue weighted by atomic mass is 10.2. The Labute approximate surface area is 147 Å². The standard InChI is InChI=1S/C17H16BrN3O3/c1-21-15(7-8-20-21)16-6-4-12(24-16)10-19-17(22)13-9-11(23-2)3-5-14(13)18/h3-9H,10H2,1-2H3,(H,19,22). The van der Waals surface area contributed by atoms with Crippen LogP contribution in [0.1, 0.15) is 16.1 Å². The second kappa shape index (κ2) is 6.92. The first-order valence-electron chi connectivity index (χ1n) is 7.27. The van der Waals surface area contributed by atoms with Crippen LogP contribution >= 0.6 is 15.9 Å². The summed E-state index contributed by atoms with van der Waals surface area (Å²) in [7, 11) is 3.41. The molecule has 24 heavy (non-hydrogen) atoms. The van der Waals surface area contributed by atoms with Gasteiger partial charge in [0.15, 0.2) is 5.76 Å². The number of hydrogen-bond acceptors (Lipinski definition) is 4. The Kier molecular flexibility index (Phi) is 4.71. The van der Waals surface area contributed by atoms with Gasteiger partial charge in [-0.25, -0.2) is 0 Å². The van der Waals surface area contributed by atoms with E-state index in [0.29, 0.717) is 33.9 Å². The summed E-state index contributed by atoms with van der Waals surface area (Å²) in [5.74, 6) is 1.79. The third-order valence-corrected chi connectivity index (χ3v) is 4.27. The van der Waals surface area contributed by atoms with Crippen molar-refractivity contribution in [3.8, 4) is 17.2 Å². The predicted octanol–water partition coefficient (Wildman–Crippen LogP) is 3.38. The monoisotopic (exact) mass is 389 g/mol. The molecule has 0 saturated heterocycles. The highest BCUT2D eigenvalue weighted by Crippen LogP contribution is 2.23. The Hall–Kier alpha value is -2.54. The molecule has 0 saturated carbocycles. The molecule has 0 bridgehead atoms. The number of nitrogens with one attached hydrogen (secondary N) is 1. The normalized spacial score (nSPS) is 10.6. The zero-order chi connectivity index (χ0) is 17.1. The van der Waals surface area contributed by atoms with Gasteiger partial charge in [-0.05, 0) is 52.3 Å². The lowest BCUT2D eigenvalue weighted by Gasteiger charge is -2.07. The number of methoxy groups -OCH3 is 1. The van der Waals surface area contributed by atoms with Crippen molar-refractivity contribution in [1.29, 1.82) is 0 Å². The van der Waals surface area contributed by atoms with Crippen molar-refractivity contribution in [2.45, 2.75) is 6.54 Å². The van der Waals surface area contributed by atoms with Crippen LogP contribution < -0.4 is 10.1 Å².